The average molecular weight is 354 g/mol. The molecule has 4 heteroatoms. The second-order valence-electron chi connectivity index (χ2n) is 3.98. The normalized spacial score (nSPS) is 19.9. The molecule has 0 amide bonds. The van der Waals surface area contributed by atoms with Crippen LogP contribution in [0.3, 0.4) is 0 Å². The lowest BCUT2D eigenvalue weighted by Crippen LogP contribution is -2.33. The molecule has 16 heavy (non-hydrogen) atoms. The predicted octanol–water partition coefficient (Wildman–Crippen LogP) is 3.09. The molecule has 0 unspecified atom stereocenters. The number of hydrogen-bond acceptors (Lipinski definition) is 2. The van der Waals surface area contributed by atoms with Crippen molar-refractivity contribution in [3.05, 3.63) is 27.8 Å². The molecule has 0 bridgehead atoms. The Kier molecular flexibility index (Phi) is 6.46. The fourth-order valence-electron chi connectivity index (χ4n) is 1.84. The molecule has 1 fully saturated rings. The number of piperidine rings is 1. The van der Waals surface area contributed by atoms with Gasteiger partial charge in [-0.3, -0.25) is 0 Å². The Bertz CT molecular complexity index is 316. The summed E-state index contributed by atoms with van der Waals surface area (Å²) >= 11 is 2.31. The van der Waals surface area contributed by atoms with Crippen molar-refractivity contribution in [2.75, 3.05) is 19.7 Å². The Morgan fingerprint density at radius 2 is 2.31 bits per heavy atom. The summed E-state index contributed by atoms with van der Waals surface area (Å²) in [5, 5.41) is 3.40. The molecule has 0 aliphatic carbocycles. The Hall–Kier alpha value is -0.0000000000000000278. The van der Waals surface area contributed by atoms with Crippen LogP contribution in [0.5, 0.6) is 5.75 Å². The summed E-state index contributed by atoms with van der Waals surface area (Å²) < 4.78 is 7.01. The molecular formula is C12H17ClINO. The standard InChI is InChI=1S/C12H16INO.ClH/c13-11-4-1-5-12(7-11)15-9-10-3-2-6-14-8-10;/h1,4-5,7,10,14H,2-3,6,8-9H2;1H/t10-;/m0./s1. The van der Waals surface area contributed by atoms with Gasteiger partial charge in [-0.25, -0.2) is 0 Å². The fourth-order valence-corrected chi connectivity index (χ4v) is 2.35. The van der Waals surface area contributed by atoms with E-state index in [1.807, 2.05) is 12.1 Å². The zero-order valence-corrected chi connectivity index (χ0v) is 12.1. The van der Waals surface area contributed by atoms with Crippen molar-refractivity contribution in [1.29, 1.82) is 0 Å². The van der Waals surface area contributed by atoms with Crippen LogP contribution in [0.25, 0.3) is 0 Å². The van der Waals surface area contributed by atoms with Gasteiger partial charge in [0.1, 0.15) is 5.75 Å². The lowest BCUT2D eigenvalue weighted by atomic mass is 10.0. The SMILES string of the molecule is Cl.Ic1cccc(OC[C@H]2CCCNC2)c1. The van der Waals surface area contributed by atoms with E-state index < -0.39 is 0 Å². The summed E-state index contributed by atoms with van der Waals surface area (Å²) in [7, 11) is 0. The third-order valence-electron chi connectivity index (χ3n) is 2.68. The number of benzene rings is 1. The van der Waals surface area contributed by atoms with E-state index in [-0.39, 0.29) is 12.4 Å². The van der Waals surface area contributed by atoms with E-state index >= 15 is 0 Å². The van der Waals surface area contributed by atoms with Crippen LogP contribution in [-0.2, 0) is 0 Å². The molecule has 1 atom stereocenters. The molecule has 0 aromatic heterocycles. The van der Waals surface area contributed by atoms with Crippen molar-refractivity contribution < 1.29 is 4.74 Å². The molecule has 1 aromatic carbocycles. The van der Waals surface area contributed by atoms with Crippen LogP contribution < -0.4 is 10.1 Å². The molecule has 1 aliphatic rings. The molecule has 1 heterocycles. The zero-order valence-electron chi connectivity index (χ0n) is 9.12. The van der Waals surface area contributed by atoms with E-state index in [0.717, 1.165) is 18.9 Å². The van der Waals surface area contributed by atoms with Gasteiger partial charge in [0.25, 0.3) is 0 Å². The predicted molar refractivity (Wildman–Crippen MR) is 77.5 cm³/mol. The second kappa shape index (κ2) is 7.35. The Morgan fingerprint density at radius 3 is 3.00 bits per heavy atom. The van der Waals surface area contributed by atoms with Crippen LogP contribution in [0.2, 0.25) is 0 Å². The number of halogens is 2. The highest BCUT2D eigenvalue weighted by Crippen LogP contribution is 2.17. The first kappa shape index (κ1) is 14.1. The quantitative estimate of drug-likeness (QED) is 0.843. The number of ether oxygens (including phenoxy) is 1. The average Bonchev–Trinajstić information content (AvgIpc) is 2.28. The first-order valence-corrected chi connectivity index (χ1v) is 6.51. The van der Waals surface area contributed by atoms with E-state index in [1.165, 1.54) is 23.0 Å². The maximum absolute atomic E-state index is 5.78. The Labute approximate surface area is 117 Å². The summed E-state index contributed by atoms with van der Waals surface area (Å²) in [6, 6.07) is 8.22. The number of hydrogen-bond donors (Lipinski definition) is 1. The molecule has 2 rings (SSSR count). The van der Waals surface area contributed by atoms with Gasteiger partial charge in [-0.1, -0.05) is 6.07 Å². The zero-order chi connectivity index (χ0) is 10.5. The van der Waals surface area contributed by atoms with Crippen LogP contribution in [0.1, 0.15) is 12.8 Å². The smallest absolute Gasteiger partial charge is 0.120 e. The summed E-state index contributed by atoms with van der Waals surface area (Å²) in [5.74, 6) is 1.67. The maximum Gasteiger partial charge on any atom is 0.120 e. The van der Waals surface area contributed by atoms with Crippen molar-refractivity contribution in [2.45, 2.75) is 12.8 Å². The summed E-state index contributed by atoms with van der Waals surface area (Å²) in [4.78, 5) is 0. The van der Waals surface area contributed by atoms with Crippen molar-refractivity contribution in [3.8, 4) is 5.75 Å². The first-order valence-electron chi connectivity index (χ1n) is 5.44. The highest BCUT2D eigenvalue weighted by Gasteiger charge is 2.13. The fraction of sp³-hybridized carbons (Fsp3) is 0.500. The lowest BCUT2D eigenvalue weighted by molar-refractivity contribution is 0.218. The topological polar surface area (TPSA) is 21.3 Å². The lowest BCUT2D eigenvalue weighted by Gasteiger charge is -2.22. The van der Waals surface area contributed by atoms with Crippen LogP contribution in [0, 0.1) is 9.49 Å². The molecule has 2 nitrogen and oxygen atoms in total. The van der Waals surface area contributed by atoms with Gasteiger partial charge < -0.3 is 10.1 Å². The van der Waals surface area contributed by atoms with Gasteiger partial charge in [-0.05, 0) is 60.2 Å². The molecular weight excluding hydrogens is 336 g/mol. The van der Waals surface area contributed by atoms with E-state index in [0.29, 0.717) is 5.92 Å². The van der Waals surface area contributed by atoms with E-state index in [9.17, 15) is 0 Å². The van der Waals surface area contributed by atoms with Crippen molar-refractivity contribution in [2.24, 2.45) is 5.92 Å². The number of rotatable bonds is 3. The highest BCUT2D eigenvalue weighted by atomic mass is 127. The van der Waals surface area contributed by atoms with Crippen LogP contribution in [0.4, 0.5) is 0 Å². The minimum absolute atomic E-state index is 0. The highest BCUT2D eigenvalue weighted by molar-refractivity contribution is 14.1. The van der Waals surface area contributed by atoms with E-state index in [4.69, 9.17) is 4.74 Å². The molecule has 0 spiro atoms. The van der Waals surface area contributed by atoms with Gasteiger partial charge in [0, 0.05) is 16.0 Å². The monoisotopic (exact) mass is 353 g/mol. The van der Waals surface area contributed by atoms with E-state index in [1.54, 1.807) is 0 Å². The third kappa shape index (κ3) is 4.47. The molecule has 90 valence electrons. The van der Waals surface area contributed by atoms with Gasteiger partial charge in [0.15, 0.2) is 0 Å². The van der Waals surface area contributed by atoms with Crippen molar-refractivity contribution in [3.63, 3.8) is 0 Å². The Morgan fingerprint density at radius 1 is 1.44 bits per heavy atom. The molecule has 1 N–H and O–H groups in total. The largest absolute Gasteiger partial charge is 0.493 e. The van der Waals surface area contributed by atoms with E-state index in [2.05, 4.69) is 40.0 Å². The van der Waals surface area contributed by atoms with Crippen molar-refractivity contribution in [1.82, 2.24) is 5.32 Å². The second-order valence-corrected chi connectivity index (χ2v) is 5.23. The summed E-state index contributed by atoms with van der Waals surface area (Å²) in [5.41, 5.74) is 0. The minimum Gasteiger partial charge on any atom is -0.493 e. The maximum atomic E-state index is 5.78. The van der Waals surface area contributed by atoms with Gasteiger partial charge in [0.05, 0.1) is 6.61 Å². The van der Waals surface area contributed by atoms with Gasteiger partial charge >= 0.3 is 0 Å². The van der Waals surface area contributed by atoms with Crippen LogP contribution >= 0.6 is 35.0 Å². The third-order valence-corrected chi connectivity index (χ3v) is 3.35. The van der Waals surface area contributed by atoms with Crippen LogP contribution in [0.15, 0.2) is 24.3 Å². The van der Waals surface area contributed by atoms with Crippen molar-refractivity contribution >= 4 is 35.0 Å². The summed E-state index contributed by atoms with van der Waals surface area (Å²) in [6.45, 7) is 3.11. The summed E-state index contributed by atoms with van der Waals surface area (Å²) in [6.07, 6.45) is 2.57. The molecule has 0 saturated carbocycles. The minimum atomic E-state index is 0. The molecule has 1 aromatic rings. The van der Waals surface area contributed by atoms with Gasteiger partial charge in [-0.15, -0.1) is 12.4 Å². The Balaban J connectivity index is 0.00000128. The molecule has 0 radical (unpaired) electrons. The molecule has 1 saturated heterocycles. The molecule has 1 aliphatic heterocycles. The first-order chi connectivity index (χ1) is 7.34. The van der Waals surface area contributed by atoms with Gasteiger partial charge in [-0.2, -0.15) is 0 Å². The number of nitrogens with one attached hydrogen (secondary N) is 1. The van der Waals surface area contributed by atoms with Crippen LogP contribution in [-0.4, -0.2) is 19.7 Å². The van der Waals surface area contributed by atoms with Gasteiger partial charge in [0.2, 0.25) is 0 Å².